The molecule has 0 aromatic heterocycles. The lowest BCUT2D eigenvalue weighted by atomic mass is 9.75. The van der Waals surface area contributed by atoms with Crippen molar-refractivity contribution in [2.75, 3.05) is 0 Å². The lowest BCUT2D eigenvalue weighted by Gasteiger charge is -2.30. The average molecular weight is 325 g/mol. The molecule has 4 heteroatoms. The van der Waals surface area contributed by atoms with Crippen LogP contribution in [0.4, 0.5) is 4.79 Å². The van der Waals surface area contributed by atoms with Crippen LogP contribution in [0.5, 0.6) is 0 Å². The Morgan fingerprint density at radius 1 is 0.792 bits per heavy atom. The molecule has 0 heterocycles. The molecule has 0 aliphatic carbocycles. The van der Waals surface area contributed by atoms with Crippen molar-refractivity contribution < 1.29 is 14.3 Å². The molecule has 24 heavy (non-hydrogen) atoms. The Kier molecular flexibility index (Phi) is 5.07. The predicted octanol–water partition coefficient (Wildman–Crippen LogP) is 4.04. The van der Waals surface area contributed by atoms with E-state index >= 15 is 0 Å². The van der Waals surface area contributed by atoms with Crippen LogP contribution in [0.15, 0.2) is 60.7 Å². The van der Waals surface area contributed by atoms with Crippen molar-refractivity contribution in [1.29, 1.82) is 0 Å². The molecule has 2 rings (SSSR count). The second-order valence-electron chi connectivity index (χ2n) is 6.81. The molecule has 0 aliphatic rings. The van der Waals surface area contributed by atoms with E-state index in [9.17, 15) is 9.59 Å². The van der Waals surface area contributed by atoms with Gasteiger partial charge in [0.2, 0.25) is 5.91 Å². The van der Waals surface area contributed by atoms with Crippen LogP contribution in [0, 0.1) is 0 Å². The van der Waals surface area contributed by atoms with E-state index in [4.69, 9.17) is 4.74 Å². The standard InChI is InChI=1S/C20H23NO3/c1-19(2,3)24-18(23)21-17(22)20(4,15-11-7-5-8-12-15)16-13-9-6-10-14-16/h5-14H,1-4H3,(H,21,22,23). The summed E-state index contributed by atoms with van der Waals surface area (Å²) in [6.07, 6.45) is -0.745. The van der Waals surface area contributed by atoms with Crippen LogP contribution in [0.3, 0.4) is 0 Å². The number of alkyl carbamates (subject to hydrolysis) is 1. The largest absolute Gasteiger partial charge is 0.444 e. The smallest absolute Gasteiger partial charge is 0.414 e. The van der Waals surface area contributed by atoms with Crippen molar-refractivity contribution in [1.82, 2.24) is 5.32 Å². The van der Waals surface area contributed by atoms with Crippen LogP contribution in [-0.2, 0) is 14.9 Å². The molecule has 0 saturated heterocycles. The molecule has 2 aromatic carbocycles. The van der Waals surface area contributed by atoms with Gasteiger partial charge >= 0.3 is 6.09 Å². The highest BCUT2D eigenvalue weighted by Gasteiger charge is 2.38. The Morgan fingerprint density at radius 2 is 1.21 bits per heavy atom. The van der Waals surface area contributed by atoms with Crippen molar-refractivity contribution in [3.8, 4) is 0 Å². The fourth-order valence-electron chi connectivity index (χ4n) is 2.49. The lowest BCUT2D eigenvalue weighted by Crippen LogP contribution is -2.47. The number of imide groups is 1. The molecule has 2 aromatic rings. The van der Waals surface area contributed by atoms with Gasteiger partial charge in [-0.1, -0.05) is 60.7 Å². The fraction of sp³-hybridized carbons (Fsp3) is 0.300. The van der Waals surface area contributed by atoms with Gasteiger partial charge in [0.1, 0.15) is 5.60 Å². The summed E-state index contributed by atoms with van der Waals surface area (Å²) in [6, 6.07) is 18.8. The van der Waals surface area contributed by atoms with Crippen LogP contribution >= 0.6 is 0 Å². The van der Waals surface area contributed by atoms with Crippen molar-refractivity contribution in [2.24, 2.45) is 0 Å². The van der Waals surface area contributed by atoms with E-state index in [2.05, 4.69) is 5.32 Å². The Balaban J connectivity index is 2.37. The number of amides is 2. The second-order valence-corrected chi connectivity index (χ2v) is 6.81. The minimum atomic E-state index is -1.00. The molecule has 0 atom stereocenters. The molecule has 0 spiro atoms. The summed E-state index contributed by atoms with van der Waals surface area (Å²) in [6.45, 7) is 7.07. The van der Waals surface area contributed by atoms with Gasteiger partial charge in [-0.05, 0) is 38.8 Å². The number of carbonyl (C=O) groups is 2. The summed E-state index contributed by atoms with van der Waals surface area (Å²) in [5, 5.41) is 2.37. The van der Waals surface area contributed by atoms with Crippen molar-refractivity contribution in [3.05, 3.63) is 71.8 Å². The lowest BCUT2D eigenvalue weighted by molar-refractivity contribution is -0.124. The number of hydrogen-bond acceptors (Lipinski definition) is 3. The molecular weight excluding hydrogens is 302 g/mol. The van der Waals surface area contributed by atoms with Crippen LogP contribution < -0.4 is 5.32 Å². The normalized spacial score (nSPS) is 11.7. The zero-order valence-corrected chi connectivity index (χ0v) is 14.5. The van der Waals surface area contributed by atoms with Gasteiger partial charge in [-0.25, -0.2) is 4.79 Å². The molecule has 2 amide bonds. The van der Waals surface area contributed by atoms with Crippen molar-refractivity contribution in [3.63, 3.8) is 0 Å². The Hall–Kier alpha value is -2.62. The third-order valence-electron chi connectivity index (χ3n) is 3.77. The van der Waals surface area contributed by atoms with Crippen LogP contribution in [0.1, 0.15) is 38.8 Å². The molecule has 1 N–H and O–H groups in total. The summed E-state index contributed by atoms with van der Waals surface area (Å²) < 4.78 is 5.20. The molecule has 0 saturated carbocycles. The number of ether oxygens (including phenoxy) is 1. The molecule has 0 aliphatic heterocycles. The van der Waals surface area contributed by atoms with Gasteiger partial charge in [0.15, 0.2) is 0 Å². The number of hydrogen-bond donors (Lipinski definition) is 1. The van der Waals surface area contributed by atoms with Crippen molar-refractivity contribution in [2.45, 2.75) is 38.7 Å². The first-order valence-electron chi connectivity index (χ1n) is 7.89. The zero-order chi connectivity index (χ0) is 17.8. The topological polar surface area (TPSA) is 55.4 Å². The van der Waals surface area contributed by atoms with E-state index in [0.717, 1.165) is 11.1 Å². The minimum absolute atomic E-state index is 0.422. The second kappa shape index (κ2) is 6.87. The molecule has 0 fully saturated rings. The number of carbonyl (C=O) groups excluding carboxylic acids is 2. The SMILES string of the molecule is CC(C)(C)OC(=O)NC(=O)C(C)(c1ccccc1)c1ccccc1. The Morgan fingerprint density at radius 3 is 1.58 bits per heavy atom. The van der Waals surface area contributed by atoms with E-state index in [1.165, 1.54) is 0 Å². The highest BCUT2D eigenvalue weighted by molar-refractivity contribution is 6.00. The van der Waals surface area contributed by atoms with Crippen LogP contribution in [0.2, 0.25) is 0 Å². The third-order valence-corrected chi connectivity index (χ3v) is 3.77. The van der Waals surface area contributed by atoms with E-state index in [0.29, 0.717) is 0 Å². The first-order valence-corrected chi connectivity index (χ1v) is 7.89. The number of nitrogens with one attached hydrogen (secondary N) is 1. The summed E-state index contributed by atoms with van der Waals surface area (Å²) >= 11 is 0. The minimum Gasteiger partial charge on any atom is -0.444 e. The molecule has 4 nitrogen and oxygen atoms in total. The van der Waals surface area contributed by atoms with E-state index in [-0.39, 0.29) is 0 Å². The van der Waals surface area contributed by atoms with E-state index < -0.39 is 23.0 Å². The van der Waals surface area contributed by atoms with Gasteiger partial charge in [-0.2, -0.15) is 0 Å². The molecular formula is C20H23NO3. The Labute approximate surface area is 142 Å². The summed E-state index contributed by atoms with van der Waals surface area (Å²) in [7, 11) is 0. The van der Waals surface area contributed by atoms with E-state index in [1.807, 2.05) is 60.7 Å². The van der Waals surface area contributed by atoms with Gasteiger partial charge in [0.25, 0.3) is 0 Å². The number of rotatable bonds is 3. The average Bonchev–Trinajstić information content (AvgIpc) is 2.53. The van der Waals surface area contributed by atoms with Gasteiger partial charge in [0, 0.05) is 0 Å². The van der Waals surface area contributed by atoms with Gasteiger partial charge in [-0.3, -0.25) is 10.1 Å². The summed E-state index contributed by atoms with van der Waals surface area (Å²) in [5.74, 6) is -0.422. The highest BCUT2D eigenvalue weighted by Crippen LogP contribution is 2.32. The van der Waals surface area contributed by atoms with Crippen LogP contribution in [0.25, 0.3) is 0 Å². The first-order chi connectivity index (χ1) is 11.2. The summed E-state index contributed by atoms with van der Waals surface area (Å²) in [4.78, 5) is 25.0. The van der Waals surface area contributed by atoms with Gasteiger partial charge in [-0.15, -0.1) is 0 Å². The quantitative estimate of drug-likeness (QED) is 0.926. The monoisotopic (exact) mass is 325 g/mol. The Bertz CT molecular complexity index is 663. The first kappa shape index (κ1) is 17.7. The maximum absolute atomic E-state index is 13.0. The van der Waals surface area contributed by atoms with Gasteiger partial charge in [0.05, 0.1) is 5.41 Å². The van der Waals surface area contributed by atoms with Gasteiger partial charge < -0.3 is 4.74 Å². The van der Waals surface area contributed by atoms with Crippen LogP contribution in [-0.4, -0.2) is 17.6 Å². The summed E-state index contributed by atoms with van der Waals surface area (Å²) in [5.41, 5.74) is -0.0609. The van der Waals surface area contributed by atoms with E-state index in [1.54, 1.807) is 27.7 Å². The maximum atomic E-state index is 13.0. The fourth-order valence-corrected chi connectivity index (χ4v) is 2.49. The molecule has 0 bridgehead atoms. The zero-order valence-electron chi connectivity index (χ0n) is 14.5. The maximum Gasteiger partial charge on any atom is 0.414 e. The molecule has 126 valence electrons. The highest BCUT2D eigenvalue weighted by atomic mass is 16.6. The predicted molar refractivity (Wildman–Crippen MR) is 93.7 cm³/mol. The molecule has 0 unspecified atom stereocenters. The van der Waals surface area contributed by atoms with Crippen molar-refractivity contribution >= 4 is 12.0 Å². The molecule has 0 radical (unpaired) electrons. The third kappa shape index (κ3) is 4.02. The number of benzene rings is 2.